The van der Waals surface area contributed by atoms with Crippen LogP contribution in [0.4, 0.5) is 11.4 Å². The predicted octanol–water partition coefficient (Wildman–Crippen LogP) is 16.8. The van der Waals surface area contributed by atoms with Crippen LogP contribution in [0.25, 0.3) is 27.6 Å². The van der Waals surface area contributed by atoms with E-state index in [1.165, 1.54) is 55.7 Å². The summed E-state index contributed by atoms with van der Waals surface area (Å²) in [6.07, 6.45) is 1.95. The van der Waals surface area contributed by atoms with Crippen LogP contribution in [0.3, 0.4) is 0 Å². The van der Waals surface area contributed by atoms with E-state index in [1.54, 1.807) is 0 Å². The number of benzene rings is 5. The Morgan fingerprint density at radius 2 is 0.985 bits per heavy atom. The first kappa shape index (κ1) is 46.7. The molecule has 7 aromatic rings. The summed E-state index contributed by atoms with van der Waals surface area (Å²) >= 11 is 0. The van der Waals surface area contributed by atoms with Crippen molar-refractivity contribution in [3.8, 4) is 17.3 Å². The fourth-order valence-corrected chi connectivity index (χ4v) is 9.72. The van der Waals surface area contributed by atoms with Gasteiger partial charge in [0.05, 0.1) is 17.7 Å². The maximum atomic E-state index is 7.19. The number of pyridine rings is 1. The molecule has 3 heterocycles. The molecular weight excluding hydrogens is 805 g/mol. The molecule has 344 valence electrons. The van der Waals surface area contributed by atoms with Crippen LogP contribution in [-0.2, 0) is 21.7 Å². The minimum atomic E-state index is -0.320. The lowest BCUT2D eigenvalue weighted by molar-refractivity contribution is 0.444. The largest absolute Gasteiger partial charge is 0.457 e. The van der Waals surface area contributed by atoms with Crippen molar-refractivity contribution in [2.75, 3.05) is 16.5 Å². The Morgan fingerprint density at radius 3 is 1.61 bits per heavy atom. The second-order valence-electron chi connectivity index (χ2n) is 24.5. The van der Waals surface area contributed by atoms with Crippen molar-refractivity contribution in [1.82, 2.24) is 9.55 Å². The Balaban J connectivity index is 1.33. The number of allylic oxidation sites excluding steroid dienone is 2. The Bertz CT molecular complexity index is 2970. The van der Waals surface area contributed by atoms with E-state index in [0.717, 1.165) is 34.0 Å². The van der Waals surface area contributed by atoms with Crippen LogP contribution in [0.5, 0.6) is 11.5 Å². The fourth-order valence-electron chi connectivity index (χ4n) is 9.72. The maximum Gasteiger partial charge on any atom is 0.137 e. The number of aromatic nitrogens is 2. The minimum absolute atomic E-state index is 0.00480. The molecule has 0 bridgehead atoms. The second-order valence-corrected chi connectivity index (χ2v) is 24.5. The molecule has 0 atom stereocenters. The number of anilines is 2. The van der Waals surface area contributed by atoms with Gasteiger partial charge in [0.25, 0.3) is 0 Å². The number of nitrogens with zero attached hydrogens (tertiary/aromatic N) is 4. The summed E-state index contributed by atoms with van der Waals surface area (Å²) in [5.41, 5.74) is 12.9. The lowest BCUT2D eigenvalue weighted by Crippen LogP contribution is -2.31. The van der Waals surface area contributed by atoms with Crippen molar-refractivity contribution in [3.63, 3.8) is 0 Å². The number of hydrogen-bond donors (Lipinski definition) is 0. The van der Waals surface area contributed by atoms with Crippen molar-refractivity contribution in [2.24, 2.45) is 10.8 Å². The molecule has 5 nitrogen and oxygen atoms in total. The minimum Gasteiger partial charge on any atom is -0.457 e. The van der Waals surface area contributed by atoms with Gasteiger partial charge >= 0.3 is 0 Å². The van der Waals surface area contributed by atoms with Crippen molar-refractivity contribution < 1.29 is 4.74 Å². The maximum absolute atomic E-state index is 7.19. The Kier molecular flexibility index (Phi) is 11.5. The topological polar surface area (TPSA) is 33.5 Å². The van der Waals surface area contributed by atoms with Gasteiger partial charge < -0.3 is 14.5 Å². The third-order valence-corrected chi connectivity index (χ3v) is 13.6. The summed E-state index contributed by atoms with van der Waals surface area (Å²) in [7, 11) is 0. The molecule has 2 aromatic heterocycles. The number of rotatable bonds is 7. The van der Waals surface area contributed by atoms with E-state index >= 15 is 0 Å². The Morgan fingerprint density at radius 1 is 0.409 bits per heavy atom. The molecule has 1 aliphatic rings. The molecule has 1 aliphatic heterocycles. The van der Waals surface area contributed by atoms with Gasteiger partial charge in [-0.05, 0) is 105 Å². The summed E-state index contributed by atoms with van der Waals surface area (Å²) < 4.78 is 9.51. The molecule has 0 unspecified atom stereocenters. The molecule has 0 saturated carbocycles. The first-order chi connectivity index (χ1) is 30.6. The summed E-state index contributed by atoms with van der Waals surface area (Å²) in [5, 5.41) is 2.39. The highest BCUT2D eigenvalue weighted by molar-refractivity contribution is 6.09. The van der Waals surface area contributed by atoms with E-state index in [2.05, 4.69) is 253 Å². The third-order valence-electron chi connectivity index (χ3n) is 13.6. The molecular formula is C61H74N4O. The highest BCUT2D eigenvalue weighted by atomic mass is 16.5. The van der Waals surface area contributed by atoms with Gasteiger partial charge in [0.15, 0.2) is 0 Å². The zero-order valence-electron chi connectivity index (χ0n) is 43.0. The first-order valence-electron chi connectivity index (χ1n) is 24.0. The van der Waals surface area contributed by atoms with Gasteiger partial charge in [0, 0.05) is 68.1 Å². The predicted molar refractivity (Wildman–Crippen MR) is 282 cm³/mol. The van der Waals surface area contributed by atoms with Crippen LogP contribution in [0.2, 0.25) is 0 Å². The highest BCUT2D eigenvalue weighted by Gasteiger charge is 2.42. The lowest BCUT2D eigenvalue weighted by Gasteiger charge is -2.35. The number of fused-ring (bicyclic) bond motifs is 3. The molecule has 5 aromatic carbocycles. The molecule has 0 aliphatic carbocycles. The van der Waals surface area contributed by atoms with E-state index in [1.807, 2.05) is 6.20 Å². The number of hydrogen-bond acceptors (Lipinski definition) is 4. The van der Waals surface area contributed by atoms with Crippen LogP contribution < -0.4 is 14.5 Å². The van der Waals surface area contributed by atoms with Crippen LogP contribution in [0, 0.1) is 10.8 Å². The van der Waals surface area contributed by atoms with Gasteiger partial charge in [-0.1, -0.05) is 166 Å². The molecule has 0 amide bonds. The zero-order chi connectivity index (χ0) is 47.9. The third kappa shape index (κ3) is 8.91. The van der Waals surface area contributed by atoms with Gasteiger partial charge in [0.1, 0.15) is 17.3 Å². The smallest absolute Gasteiger partial charge is 0.137 e. The number of ether oxygens (including phenoxy) is 1. The quantitative estimate of drug-likeness (QED) is 0.160. The average Bonchev–Trinajstić information content (AvgIpc) is 3.81. The van der Waals surface area contributed by atoms with E-state index < -0.39 is 0 Å². The molecule has 0 radical (unpaired) electrons. The Labute approximate surface area is 396 Å². The summed E-state index contributed by atoms with van der Waals surface area (Å²) in [4.78, 5) is 10.1. The van der Waals surface area contributed by atoms with Crippen LogP contribution in [0.15, 0.2) is 139 Å². The second kappa shape index (κ2) is 16.2. The van der Waals surface area contributed by atoms with Crippen molar-refractivity contribution >= 4 is 33.2 Å². The first-order valence-corrected chi connectivity index (χ1v) is 24.0. The van der Waals surface area contributed by atoms with Gasteiger partial charge in [-0.15, -0.1) is 0 Å². The van der Waals surface area contributed by atoms with Crippen molar-refractivity contribution in [3.05, 3.63) is 167 Å². The summed E-state index contributed by atoms with van der Waals surface area (Å²) in [6.45, 7) is 40.0. The fraction of sp³-hybridized carbons (Fsp3) is 0.393. The monoisotopic (exact) mass is 879 g/mol. The standard InChI is InChI=1S/C61H74N4O/c1-56(2,3)41-24-21-25-45(32-41)63-39-64(55(60(13,14)15)54(63)59(10,11)12)46-33-44(61(16,17)40-22-19-18-20-23-40)34-48(37-46)66-47-27-28-49-50-35-42(57(4,5)6)26-29-51(50)65(52(49)38-47)53-36-43(30-31-62-53)58(7,8)9/h18-38H,39H2,1-17H3. The van der Waals surface area contributed by atoms with Crippen LogP contribution in [-0.4, -0.2) is 16.2 Å². The summed E-state index contributed by atoms with van der Waals surface area (Å²) in [6, 6.07) is 44.8. The SMILES string of the molecule is CC(C)(C)C1=C(C(C)(C)C)N(c2cc(Oc3ccc4c5cc(C(C)(C)C)ccc5n(-c5cc(C(C)(C)C)ccn5)c4c3)cc(C(C)(C)c3ccccc3)c2)CN1c1cccc(C(C)(C)C)c1. The highest BCUT2D eigenvalue weighted by Crippen LogP contribution is 2.50. The van der Waals surface area contributed by atoms with E-state index in [0.29, 0.717) is 6.67 Å². The normalized spacial score (nSPS) is 14.6. The van der Waals surface area contributed by atoms with Gasteiger partial charge in [0.2, 0.25) is 0 Å². The molecule has 66 heavy (non-hydrogen) atoms. The molecule has 0 fully saturated rings. The lowest BCUT2D eigenvalue weighted by atomic mass is 9.77. The Hall–Kier alpha value is -5.81. The van der Waals surface area contributed by atoms with Gasteiger partial charge in [-0.3, -0.25) is 4.57 Å². The summed E-state index contributed by atoms with van der Waals surface area (Å²) in [5.74, 6) is 2.48. The average molecular weight is 879 g/mol. The zero-order valence-corrected chi connectivity index (χ0v) is 43.0. The molecule has 0 N–H and O–H groups in total. The van der Waals surface area contributed by atoms with Crippen molar-refractivity contribution in [2.45, 2.75) is 139 Å². The van der Waals surface area contributed by atoms with E-state index in [9.17, 15) is 0 Å². The molecule has 5 heteroatoms. The van der Waals surface area contributed by atoms with Gasteiger partial charge in [-0.2, -0.15) is 0 Å². The van der Waals surface area contributed by atoms with E-state index in [4.69, 9.17) is 9.72 Å². The van der Waals surface area contributed by atoms with Crippen LogP contribution >= 0.6 is 0 Å². The molecule has 0 saturated heterocycles. The van der Waals surface area contributed by atoms with Crippen molar-refractivity contribution in [1.29, 1.82) is 0 Å². The molecule has 0 spiro atoms. The molecule has 8 rings (SSSR count). The van der Waals surface area contributed by atoms with Crippen LogP contribution in [0.1, 0.15) is 146 Å². The van der Waals surface area contributed by atoms with E-state index in [-0.39, 0.29) is 32.5 Å². The van der Waals surface area contributed by atoms with Gasteiger partial charge in [-0.25, -0.2) is 4.98 Å².